The lowest BCUT2D eigenvalue weighted by atomic mass is 9.97. The molecule has 2 fully saturated rings. The van der Waals surface area contributed by atoms with Crippen LogP contribution in [0.5, 0.6) is 5.88 Å². The average molecular weight is 556 g/mol. The molecule has 0 amide bonds. The zero-order valence-electron chi connectivity index (χ0n) is 22.7. The number of fused-ring (bicyclic) bond motifs is 1. The number of nitrogens with zero attached hydrogens (tertiary/aromatic N) is 8. The van der Waals surface area contributed by atoms with E-state index in [1.54, 1.807) is 16.2 Å². The molecule has 0 atom stereocenters. The van der Waals surface area contributed by atoms with Gasteiger partial charge < -0.3 is 19.5 Å². The van der Waals surface area contributed by atoms with Crippen molar-refractivity contribution in [2.75, 3.05) is 37.0 Å². The third-order valence-corrected chi connectivity index (χ3v) is 7.63. The van der Waals surface area contributed by atoms with Gasteiger partial charge in [0.2, 0.25) is 11.8 Å². The standard InChI is InChI=1S/C27H32F3N9O/c1-16(2)38-14-20(27(28,29)30)34-26(38)37-11-8-17(9-12-37)13-31-23-19-5-4-10-39(19)36-24(35-23)21-22(18-6-7-18)32-15-33-25(21)40-3/h4-5,10,14-18H,6-9,11-13H2,1-3H3,(H,31,35,36). The van der Waals surface area contributed by atoms with Crippen LogP contribution in [0.2, 0.25) is 0 Å². The van der Waals surface area contributed by atoms with E-state index in [1.807, 2.05) is 37.1 Å². The van der Waals surface area contributed by atoms with E-state index in [4.69, 9.17) is 14.8 Å². The largest absolute Gasteiger partial charge is 0.480 e. The lowest BCUT2D eigenvalue weighted by Crippen LogP contribution is -2.37. The molecule has 0 bridgehead atoms. The number of ether oxygens (including phenoxy) is 1. The minimum Gasteiger partial charge on any atom is -0.480 e. The lowest BCUT2D eigenvalue weighted by molar-refractivity contribution is -0.140. The van der Waals surface area contributed by atoms with Gasteiger partial charge in [0.05, 0.1) is 12.8 Å². The number of hydrogen-bond acceptors (Lipinski definition) is 8. The van der Waals surface area contributed by atoms with Gasteiger partial charge in [-0.3, -0.25) is 0 Å². The van der Waals surface area contributed by atoms with Gasteiger partial charge in [-0.05, 0) is 57.6 Å². The first-order valence-electron chi connectivity index (χ1n) is 13.6. The Balaban J connectivity index is 1.19. The van der Waals surface area contributed by atoms with Crippen LogP contribution >= 0.6 is 0 Å². The first kappa shape index (κ1) is 26.3. The summed E-state index contributed by atoms with van der Waals surface area (Å²) in [6.07, 6.45) is 3.82. The molecule has 10 nitrogen and oxygen atoms in total. The van der Waals surface area contributed by atoms with Crippen LogP contribution in [0.4, 0.5) is 24.9 Å². The van der Waals surface area contributed by atoms with Gasteiger partial charge in [0.15, 0.2) is 17.3 Å². The molecule has 1 saturated heterocycles. The molecule has 0 aromatic carbocycles. The number of anilines is 2. The minimum atomic E-state index is -4.47. The van der Waals surface area contributed by atoms with E-state index < -0.39 is 11.9 Å². The van der Waals surface area contributed by atoms with Gasteiger partial charge in [0, 0.05) is 44.0 Å². The molecular formula is C27H32F3N9O. The molecule has 1 aliphatic carbocycles. The van der Waals surface area contributed by atoms with E-state index in [9.17, 15) is 13.2 Å². The molecule has 2 aliphatic rings. The number of nitrogens with one attached hydrogen (secondary N) is 1. The number of halogens is 3. The second-order valence-corrected chi connectivity index (χ2v) is 10.8. The zero-order chi connectivity index (χ0) is 28.0. The third kappa shape index (κ3) is 5.04. The highest BCUT2D eigenvalue weighted by Crippen LogP contribution is 2.45. The Hall–Kier alpha value is -3.90. The van der Waals surface area contributed by atoms with Crippen molar-refractivity contribution < 1.29 is 17.9 Å². The molecule has 0 spiro atoms. The van der Waals surface area contributed by atoms with Crippen LogP contribution in [0.1, 0.15) is 62.9 Å². The first-order chi connectivity index (χ1) is 19.2. The SMILES string of the molecule is COc1ncnc(C2CC2)c1-c1nc(NCC2CCN(c3nc(C(F)(F)F)cn3C(C)C)CC2)c2cccn2n1. The van der Waals surface area contributed by atoms with Gasteiger partial charge in [-0.2, -0.15) is 13.2 Å². The fourth-order valence-corrected chi connectivity index (χ4v) is 5.30. The van der Waals surface area contributed by atoms with Gasteiger partial charge in [-0.15, -0.1) is 5.10 Å². The van der Waals surface area contributed by atoms with E-state index in [-0.39, 0.29) is 6.04 Å². The summed E-state index contributed by atoms with van der Waals surface area (Å²) in [7, 11) is 1.58. The fraction of sp³-hybridized carbons (Fsp3) is 0.519. The number of hydrogen-bond donors (Lipinski definition) is 1. The molecule has 1 aliphatic heterocycles. The molecule has 5 heterocycles. The molecule has 0 radical (unpaired) electrons. The summed E-state index contributed by atoms with van der Waals surface area (Å²) >= 11 is 0. The van der Waals surface area contributed by atoms with Crippen molar-refractivity contribution in [1.29, 1.82) is 0 Å². The van der Waals surface area contributed by atoms with Crippen LogP contribution in [-0.4, -0.2) is 60.9 Å². The number of alkyl halides is 3. The molecule has 40 heavy (non-hydrogen) atoms. The summed E-state index contributed by atoms with van der Waals surface area (Å²) in [5, 5.41) is 8.26. The molecule has 4 aromatic rings. The normalized spacial score (nSPS) is 16.7. The van der Waals surface area contributed by atoms with Crippen LogP contribution in [0, 0.1) is 5.92 Å². The third-order valence-electron chi connectivity index (χ3n) is 7.63. The summed E-state index contributed by atoms with van der Waals surface area (Å²) in [4.78, 5) is 19.7. The van der Waals surface area contributed by atoms with Crippen molar-refractivity contribution in [2.45, 2.75) is 57.7 Å². The quantitative estimate of drug-likeness (QED) is 0.317. The lowest BCUT2D eigenvalue weighted by Gasteiger charge is -2.33. The van der Waals surface area contributed by atoms with Crippen LogP contribution < -0.4 is 15.0 Å². The van der Waals surface area contributed by atoms with E-state index in [1.165, 1.54) is 6.33 Å². The predicted molar refractivity (Wildman–Crippen MR) is 144 cm³/mol. The van der Waals surface area contributed by atoms with Crippen LogP contribution in [0.3, 0.4) is 0 Å². The average Bonchev–Trinajstić information content (AvgIpc) is 3.48. The molecule has 4 aromatic heterocycles. The van der Waals surface area contributed by atoms with Crippen LogP contribution in [0.25, 0.3) is 16.9 Å². The zero-order valence-corrected chi connectivity index (χ0v) is 22.7. The molecule has 212 valence electrons. The van der Waals surface area contributed by atoms with Crippen molar-refractivity contribution in [3.8, 4) is 17.3 Å². The summed E-state index contributed by atoms with van der Waals surface area (Å²) in [5.41, 5.74) is 1.63. The monoisotopic (exact) mass is 555 g/mol. The maximum absolute atomic E-state index is 13.3. The van der Waals surface area contributed by atoms with E-state index in [0.29, 0.717) is 54.9 Å². The van der Waals surface area contributed by atoms with E-state index in [0.717, 1.165) is 48.7 Å². The number of rotatable bonds is 8. The summed E-state index contributed by atoms with van der Waals surface area (Å²) in [6.45, 7) is 5.67. The topological polar surface area (TPSA) is 98.3 Å². The fourth-order valence-electron chi connectivity index (χ4n) is 5.30. The van der Waals surface area contributed by atoms with Gasteiger partial charge in [0.1, 0.15) is 17.4 Å². The number of piperidine rings is 1. The molecule has 6 rings (SSSR count). The highest BCUT2D eigenvalue weighted by molar-refractivity contribution is 5.73. The molecule has 1 saturated carbocycles. The molecule has 13 heteroatoms. The van der Waals surface area contributed by atoms with Gasteiger partial charge >= 0.3 is 6.18 Å². The summed E-state index contributed by atoms with van der Waals surface area (Å²) in [6, 6.07) is 3.76. The predicted octanol–water partition coefficient (Wildman–Crippen LogP) is 5.20. The molecule has 0 unspecified atom stereocenters. The molecule has 1 N–H and O–H groups in total. The number of aromatic nitrogens is 7. The Labute approximate surface area is 229 Å². The maximum Gasteiger partial charge on any atom is 0.434 e. The Morgan fingerprint density at radius 2 is 1.88 bits per heavy atom. The maximum atomic E-state index is 13.3. The van der Waals surface area contributed by atoms with Crippen molar-refractivity contribution in [3.63, 3.8) is 0 Å². The van der Waals surface area contributed by atoms with Gasteiger partial charge in [0.25, 0.3) is 0 Å². The second-order valence-electron chi connectivity index (χ2n) is 10.8. The van der Waals surface area contributed by atoms with Crippen molar-refractivity contribution in [1.82, 2.24) is 34.1 Å². The number of methoxy groups -OCH3 is 1. The van der Waals surface area contributed by atoms with Gasteiger partial charge in [-0.25, -0.2) is 24.5 Å². The summed E-state index contributed by atoms with van der Waals surface area (Å²) in [5.74, 6) is 2.73. The highest BCUT2D eigenvalue weighted by Gasteiger charge is 2.36. The smallest absolute Gasteiger partial charge is 0.434 e. The van der Waals surface area contributed by atoms with E-state index >= 15 is 0 Å². The van der Waals surface area contributed by atoms with Crippen molar-refractivity contribution >= 4 is 17.3 Å². The second kappa shape index (κ2) is 10.3. The van der Waals surface area contributed by atoms with Crippen molar-refractivity contribution in [3.05, 3.63) is 42.2 Å². The minimum absolute atomic E-state index is 0.122. The van der Waals surface area contributed by atoms with Crippen LogP contribution in [-0.2, 0) is 6.18 Å². The molecular weight excluding hydrogens is 523 g/mol. The summed E-state index contributed by atoms with van der Waals surface area (Å²) < 4.78 is 49.0. The number of imidazole rings is 1. The Kier molecular flexibility index (Phi) is 6.75. The highest BCUT2D eigenvalue weighted by atomic mass is 19.4. The first-order valence-corrected chi connectivity index (χ1v) is 13.6. The van der Waals surface area contributed by atoms with Crippen LogP contribution in [0.15, 0.2) is 30.9 Å². The van der Waals surface area contributed by atoms with Crippen molar-refractivity contribution in [2.24, 2.45) is 5.92 Å². The Morgan fingerprint density at radius 1 is 1.10 bits per heavy atom. The van der Waals surface area contributed by atoms with Gasteiger partial charge in [-0.1, -0.05) is 0 Å². The Bertz CT molecular complexity index is 1500. The van der Waals surface area contributed by atoms with E-state index in [2.05, 4.69) is 20.3 Å². The Morgan fingerprint density at radius 3 is 2.55 bits per heavy atom.